The van der Waals surface area contributed by atoms with Crippen LogP contribution in [0.3, 0.4) is 0 Å². The first-order chi connectivity index (χ1) is 16.3. The Hall–Kier alpha value is -3.78. The number of hydrogen-bond donors (Lipinski definition) is 1. The van der Waals surface area contributed by atoms with Crippen molar-refractivity contribution in [2.45, 2.75) is 38.6 Å². The minimum Gasteiger partial charge on any atom is -0.494 e. The molecule has 2 aromatic carbocycles. The maximum Gasteiger partial charge on any atom is 0.121 e. The van der Waals surface area contributed by atoms with E-state index in [-0.39, 0.29) is 0 Å². The number of fused-ring (bicyclic) bond motifs is 1. The maximum atomic E-state index is 10.1. The van der Waals surface area contributed by atoms with E-state index in [0.717, 1.165) is 70.7 Å². The van der Waals surface area contributed by atoms with Crippen molar-refractivity contribution in [3.63, 3.8) is 0 Å². The number of nitrogens with one attached hydrogen (secondary N) is 1. The molecule has 1 N–H and O–H groups in total. The lowest BCUT2D eigenvalue weighted by Crippen LogP contribution is -2.17. The van der Waals surface area contributed by atoms with Crippen LogP contribution in [0.25, 0.3) is 22.2 Å². The van der Waals surface area contributed by atoms with E-state index in [1.165, 1.54) is 6.42 Å². The topological polar surface area (TPSA) is 62.9 Å². The van der Waals surface area contributed by atoms with Gasteiger partial charge in [-0.1, -0.05) is 18.2 Å². The van der Waals surface area contributed by atoms with Crippen molar-refractivity contribution >= 4 is 16.6 Å². The Balaban J connectivity index is 1.46. The first-order valence-electron chi connectivity index (χ1n) is 11.7. The molecule has 33 heavy (non-hydrogen) atoms. The van der Waals surface area contributed by atoms with Gasteiger partial charge in [0.2, 0.25) is 0 Å². The molecule has 0 amide bonds. The molecule has 0 spiro atoms. The molecule has 1 aliphatic rings. The van der Waals surface area contributed by atoms with Gasteiger partial charge in [-0.3, -0.25) is 4.98 Å². The highest BCUT2D eigenvalue weighted by molar-refractivity contribution is 5.95. The summed E-state index contributed by atoms with van der Waals surface area (Å²) < 4.78 is 8.14. The summed E-state index contributed by atoms with van der Waals surface area (Å²) in [6.45, 7) is 3.44. The van der Waals surface area contributed by atoms with Crippen LogP contribution in [0.5, 0.6) is 5.75 Å². The van der Waals surface area contributed by atoms with Crippen molar-refractivity contribution in [1.29, 1.82) is 5.26 Å². The van der Waals surface area contributed by atoms with Gasteiger partial charge in [-0.25, -0.2) is 0 Å². The van der Waals surface area contributed by atoms with E-state index in [0.29, 0.717) is 12.6 Å². The predicted octanol–water partition coefficient (Wildman–Crippen LogP) is 6.35. The normalized spacial score (nSPS) is 13.5. The molecule has 5 heteroatoms. The monoisotopic (exact) mass is 436 g/mol. The molecule has 1 aliphatic carbocycles. The van der Waals surface area contributed by atoms with Crippen molar-refractivity contribution < 1.29 is 4.74 Å². The van der Waals surface area contributed by atoms with E-state index in [9.17, 15) is 5.26 Å². The third kappa shape index (κ3) is 4.17. The highest BCUT2D eigenvalue weighted by Crippen LogP contribution is 2.43. The van der Waals surface area contributed by atoms with Gasteiger partial charge in [-0.15, -0.1) is 0 Å². The van der Waals surface area contributed by atoms with Crippen LogP contribution in [0.1, 0.15) is 43.5 Å². The summed E-state index contributed by atoms with van der Waals surface area (Å²) in [5, 5.41) is 14.6. The zero-order valence-electron chi connectivity index (χ0n) is 18.9. The fourth-order valence-electron chi connectivity index (χ4n) is 4.59. The van der Waals surface area contributed by atoms with Crippen molar-refractivity contribution in [2.75, 3.05) is 18.5 Å². The van der Waals surface area contributed by atoms with Crippen LogP contribution in [0.15, 0.2) is 66.9 Å². The second kappa shape index (κ2) is 9.38. The number of pyridine rings is 1. The van der Waals surface area contributed by atoms with E-state index in [1.807, 2.05) is 43.5 Å². The fraction of sp³-hybridized carbons (Fsp3) is 0.286. The van der Waals surface area contributed by atoms with E-state index in [2.05, 4.69) is 51.3 Å². The smallest absolute Gasteiger partial charge is 0.121 e. The zero-order chi connectivity index (χ0) is 22.6. The number of nitriles is 1. The second-order valence-electron chi connectivity index (χ2n) is 8.48. The number of benzene rings is 2. The summed E-state index contributed by atoms with van der Waals surface area (Å²) in [5.41, 5.74) is 6.08. The van der Waals surface area contributed by atoms with E-state index < -0.39 is 0 Å². The molecule has 1 saturated carbocycles. The maximum absolute atomic E-state index is 10.1. The Kier molecular flexibility index (Phi) is 5.99. The molecule has 5 rings (SSSR count). The van der Waals surface area contributed by atoms with Crippen molar-refractivity contribution in [2.24, 2.45) is 0 Å². The van der Waals surface area contributed by atoms with Crippen LogP contribution < -0.4 is 10.1 Å². The summed E-state index contributed by atoms with van der Waals surface area (Å²) in [6.07, 6.45) is 6.23. The van der Waals surface area contributed by atoms with E-state index in [1.54, 1.807) is 0 Å². The molecule has 166 valence electrons. The molecule has 5 nitrogen and oxygen atoms in total. The van der Waals surface area contributed by atoms with Gasteiger partial charge in [-0.05, 0) is 68.1 Å². The number of aromatic nitrogens is 2. The number of anilines is 1. The zero-order valence-corrected chi connectivity index (χ0v) is 18.9. The molecular formula is C28H28N4O. The van der Waals surface area contributed by atoms with Crippen LogP contribution in [-0.4, -0.2) is 22.7 Å². The van der Waals surface area contributed by atoms with Crippen LogP contribution >= 0.6 is 0 Å². The van der Waals surface area contributed by atoms with Crippen LogP contribution in [0, 0.1) is 11.3 Å². The van der Waals surface area contributed by atoms with E-state index in [4.69, 9.17) is 4.74 Å². The minimum atomic E-state index is 0.428. The fourth-order valence-corrected chi connectivity index (χ4v) is 4.59. The first kappa shape index (κ1) is 21.1. The molecule has 1 fully saturated rings. The Morgan fingerprint density at radius 1 is 1.12 bits per heavy atom. The first-order valence-corrected chi connectivity index (χ1v) is 11.7. The highest BCUT2D eigenvalue weighted by Gasteiger charge is 2.28. The third-order valence-corrected chi connectivity index (χ3v) is 6.43. The summed E-state index contributed by atoms with van der Waals surface area (Å²) in [5.74, 6) is 0.853. The number of ether oxygens (including phenoxy) is 1. The third-order valence-electron chi connectivity index (χ3n) is 6.43. The van der Waals surface area contributed by atoms with Gasteiger partial charge in [-0.2, -0.15) is 5.26 Å². The number of rotatable bonds is 8. The summed E-state index contributed by atoms with van der Waals surface area (Å²) in [4.78, 5) is 4.38. The van der Waals surface area contributed by atoms with Gasteiger partial charge in [0.15, 0.2) is 0 Å². The summed E-state index contributed by atoms with van der Waals surface area (Å²) in [7, 11) is 0. The molecule has 4 aromatic rings. The van der Waals surface area contributed by atoms with Crippen LogP contribution in [0.4, 0.5) is 5.69 Å². The van der Waals surface area contributed by atoms with Gasteiger partial charge in [0, 0.05) is 48.0 Å². The second-order valence-corrected chi connectivity index (χ2v) is 8.48. The Labute approximate surface area is 194 Å². The van der Waals surface area contributed by atoms with Gasteiger partial charge in [0.05, 0.1) is 23.4 Å². The Morgan fingerprint density at radius 3 is 2.64 bits per heavy atom. The number of hydrogen-bond acceptors (Lipinski definition) is 4. The lowest BCUT2D eigenvalue weighted by atomic mass is 9.92. The van der Waals surface area contributed by atoms with Crippen molar-refractivity contribution in [1.82, 2.24) is 9.55 Å². The lowest BCUT2D eigenvalue weighted by Gasteiger charge is -2.30. The average molecular weight is 437 g/mol. The van der Waals surface area contributed by atoms with Gasteiger partial charge >= 0.3 is 0 Å². The van der Waals surface area contributed by atoms with Gasteiger partial charge in [0.25, 0.3) is 0 Å². The standard InChI is InChI=1S/C28H28N4O/c1-2-33-24-13-14-25-26(19-29)28(32(27(25)18-24)23-7-5-8-23)20-9-11-22(12-10-20)31-17-15-21-6-3-4-16-30-21/h3-4,6,9-14,16,18,23,31H,2,5,7-8,15,17H2,1H3. The molecule has 0 saturated heterocycles. The summed E-state index contributed by atoms with van der Waals surface area (Å²) >= 11 is 0. The molecule has 0 atom stereocenters. The van der Waals surface area contributed by atoms with Crippen molar-refractivity contribution in [3.05, 3.63) is 78.1 Å². The SMILES string of the molecule is CCOc1ccc2c(C#N)c(-c3ccc(NCCc4ccccn4)cc3)n(C3CCC3)c2c1. The molecule has 2 heterocycles. The van der Waals surface area contributed by atoms with Crippen LogP contribution in [0.2, 0.25) is 0 Å². The largest absolute Gasteiger partial charge is 0.494 e. The molecule has 0 radical (unpaired) electrons. The predicted molar refractivity (Wildman–Crippen MR) is 133 cm³/mol. The molecule has 2 aromatic heterocycles. The summed E-state index contributed by atoms with van der Waals surface area (Å²) in [6, 6.07) is 23.5. The van der Waals surface area contributed by atoms with Crippen molar-refractivity contribution in [3.8, 4) is 23.1 Å². The number of nitrogens with zero attached hydrogens (tertiary/aromatic N) is 3. The van der Waals surface area contributed by atoms with E-state index >= 15 is 0 Å². The average Bonchev–Trinajstić information content (AvgIpc) is 3.13. The Bertz CT molecular complexity index is 1280. The minimum absolute atomic E-state index is 0.428. The Morgan fingerprint density at radius 2 is 1.97 bits per heavy atom. The van der Waals surface area contributed by atoms with Gasteiger partial charge < -0.3 is 14.6 Å². The van der Waals surface area contributed by atoms with Gasteiger partial charge in [0.1, 0.15) is 11.8 Å². The highest BCUT2D eigenvalue weighted by atomic mass is 16.5. The molecule has 0 unspecified atom stereocenters. The molecule has 0 bridgehead atoms. The molecule has 0 aliphatic heterocycles. The lowest BCUT2D eigenvalue weighted by molar-refractivity contribution is 0.322. The quantitative estimate of drug-likeness (QED) is 0.349. The van der Waals surface area contributed by atoms with Crippen LogP contribution in [-0.2, 0) is 6.42 Å². The molecular weight excluding hydrogens is 408 g/mol.